The van der Waals surface area contributed by atoms with Gasteiger partial charge < -0.3 is 15.2 Å². The molecular formula is C13H16N2O5S. The number of carboxylic acid groups (broad SMARTS) is 1. The first-order valence-electron chi connectivity index (χ1n) is 6.60. The Morgan fingerprint density at radius 3 is 2.71 bits per heavy atom. The summed E-state index contributed by atoms with van der Waals surface area (Å²) in [6.45, 7) is -0.408. The number of amides is 3. The smallest absolute Gasteiger partial charge is 0.349 e. The van der Waals surface area contributed by atoms with Crippen LogP contribution in [0.4, 0.5) is 4.79 Å². The third-order valence-corrected chi connectivity index (χ3v) is 4.01. The quantitative estimate of drug-likeness (QED) is 0.766. The Labute approximate surface area is 125 Å². The van der Waals surface area contributed by atoms with E-state index >= 15 is 0 Å². The van der Waals surface area contributed by atoms with Crippen LogP contribution in [0.25, 0.3) is 0 Å². The van der Waals surface area contributed by atoms with E-state index in [9.17, 15) is 14.4 Å². The number of hydrogen-bond acceptors (Lipinski definition) is 5. The van der Waals surface area contributed by atoms with E-state index < -0.39 is 24.5 Å². The molecule has 0 saturated heterocycles. The van der Waals surface area contributed by atoms with Gasteiger partial charge in [0.15, 0.2) is 11.5 Å². The zero-order chi connectivity index (χ0) is 15.2. The second-order valence-corrected chi connectivity index (χ2v) is 5.63. The van der Waals surface area contributed by atoms with Crippen molar-refractivity contribution in [2.75, 3.05) is 6.61 Å². The molecule has 1 heterocycles. The maximum absolute atomic E-state index is 11.6. The second kappa shape index (κ2) is 7.07. The lowest BCUT2D eigenvalue weighted by molar-refractivity contribution is -0.122. The first kappa shape index (κ1) is 15.3. The predicted octanol–water partition coefficient (Wildman–Crippen LogP) is 1.59. The number of aromatic carboxylic acids is 1. The highest BCUT2D eigenvalue weighted by molar-refractivity contribution is 7.12. The van der Waals surface area contributed by atoms with Gasteiger partial charge in [-0.05, 0) is 24.3 Å². The number of nitrogens with one attached hydrogen (secondary N) is 2. The van der Waals surface area contributed by atoms with E-state index in [4.69, 9.17) is 9.84 Å². The van der Waals surface area contributed by atoms with Crippen LogP contribution in [-0.2, 0) is 4.79 Å². The van der Waals surface area contributed by atoms with Crippen LogP contribution in [0.5, 0.6) is 5.75 Å². The van der Waals surface area contributed by atoms with Crippen molar-refractivity contribution in [3.05, 3.63) is 16.3 Å². The molecule has 21 heavy (non-hydrogen) atoms. The molecule has 3 N–H and O–H groups in total. The summed E-state index contributed by atoms with van der Waals surface area (Å²) in [6.07, 6.45) is 4.01. The Balaban J connectivity index is 1.75. The van der Waals surface area contributed by atoms with Crippen LogP contribution in [0.15, 0.2) is 11.4 Å². The minimum Gasteiger partial charge on any atom is -0.482 e. The maximum Gasteiger partial charge on any atom is 0.349 e. The van der Waals surface area contributed by atoms with Gasteiger partial charge in [-0.1, -0.05) is 12.8 Å². The van der Waals surface area contributed by atoms with Crippen molar-refractivity contribution in [1.82, 2.24) is 10.6 Å². The van der Waals surface area contributed by atoms with Crippen LogP contribution in [0.2, 0.25) is 0 Å². The Bertz CT molecular complexity index is 536. The molecule has 3 amide bonds. The normalized spacial score (nSPS) is 14.7. The SMILES string of the molecule is O=C(COc1ccsc1C(=O)O)NC(=O)NC1CCCC1. The highest BCUT2D eigenvalue weighted by Gasteiger charge is 2.19. The Kier molecular flexibility index (Phi) is 5.15. The van der Waals surface area contributed by atoms with E-state index in [0.717, 1.165) is 37.0 Å². The molecule has 0 bridgehead atoms. The van der Waals surface area contributed by atoms with Gasteiger partial charge in [0.2, 0.25) is 0 Å². The molecule has 1 aromatic rings. The summed E-state index contributed by atoms with van der Waals surface area (Å²) < 4.78 is 5.11. The summed E-state index contributed by atoms with van der Waals surface area (Å²) in [5, 5.41) is 15.3. The predicted molar refractivity (Wildman–Crippen MR) is 75.7 cm³/mol. The lowest BCUT2D eigenvalue weighted by Crippen LogP contribution is -2.45. The molecule has 0 spiro atoms. The number of urea groups is 1. The number of ether oxygens (including phenoxy) is 1. The number of imide groups is 1. The summed E-state index contributed by atoms with van der Waals surface area (Å²) >= 11 is 1.01. The average Bonchev–Trinajstić information content (AvgIpc) is 3.06. The molecule has 0 radical (unpaired) electrons. The molecule has 0 atom stereocenters. The highest BCUT2D eigenvalue weighted by Crippen LogP contribution is 2.24. The van der Waals surface area contributed by atoms with Crippen molar-refractivity contribution in [2.45, 2.75) is 31.7 Å². The van der Waals surface area contributed by atoms with Gasteiger partial charge >= 0.3 is 12.0 Å². The summed E-state index contributed by atoms with van der Waals surface area (Å²) in [5.74, 6) is -1.61. The average molecular weight is 312 g/mol. The van der Waals surface area contributed by atoms with Gasteiger partial charge in [-0.3, -0.25) is 10.1 Å². The number of thiophene rings is 1. The zero-order valence-corrected chi connectivity index (χ0v) is 12.1. The molecule has 1 aliphatic rings. The summed E-state index contributed by atoms with van der Waals surface area (Å²) in [7, 11) is 0. The van der Waals surface area contributed by atoms with Gasteiger partial charge in [-0.15, -0.1) is 11.3 Å². The lowest BCUT2D eigenvalue weighted by Gasteiger charge is -2.12. The van der Waals surface area contributed by atoms with Crippen LogP contribution in [0, 0.1) is 0 Å². The van der Waals surface area contributed by atoms with Gasteiger partial charge in [0.05, 0.1) is 0 Å². The van der Waals surface area contributed by atoms with Gasteiger partial charge in [-0.25, -0.2) is 9.59 Å². The summed E-state index contributed by atoms with van der Waals surface area (Å²) in [6, 6.07) is 1.05. The molecule has 0 unspecified atom stereocenters. The van der Waals surface area contributed by atoms with Crippen LogP contribution in [0.1, 0.15) is 35.4 Å². The van der Waals surface area contributed by atoms with Gasteiger partial charge in [0.25, 0.3) is 5.91 Å². The van der Waals surface area contributed by atoms with Crippen molar-refractivity contribution in [3.8, 4) is 5.75 Å². The number of rotatable bonds is 5. The molecule has 1 aromatic heterocycles. The van der Waals surface area contributed by atoms with Crippen LogP contribution in [-0.4, -0.2) is 35.7 Å². The molecule has 0 aromatic carbocycles. The molecule has 0 aliphatic heterocycles. The first-order valence-corrected chi connectivity index (χ1v) is 7.48. The van der Waals surface area contributed by atoms with Gasteiger partial charge in [0, 0.05) is 6.04 Å². The van der Waals surface area contributed by atoms with Gasteiger partial charge in [0.1, 0.15) is 5.75 Å². The number of carbonyl (C=O) groups excluding carboxylic acids is 2. The third kappa shape index (κ3) is 4.45. The fraction of sp³-hybridized carbons (Fsp3) is 0.462. The van der Waals surface area contributed by atoms with Crippen molar-refractivity contribution >= 4 is 29.2 Å². The topological polar surface area (TPSA) is 105 Å². The fourth-order valence-corrected chi connectivity index (χ4v) is 2.84. The first-order chi connectivity index (χ1) is 10.1. The van der Waals surface area contributed by atoms with E-state index in [-0.39, 0.29) is 16.7 Å². The largest absolute Gasteiger partial charge is 0.482 e. The fourth-order valence-electron chi connectivity index (χ4n) is 2.16. The van der Waals surface area contributed by atoms with E-state index in [1.807, 2.05) is 0 Å². The zero-order valence-electron chi connectivity index (χ0n) is 11.3. The van der Waals surface area contributed by atoms with E-state index in [2.05, 4.69) is 10.6 Å². The monoisotopic (exact) mass is 312 g/mol. The van der Waals surface area contributed by atoms with Crippen molar-refractivity contribution in [3.63, 3.8) is 0 Å². The molecular weight excluding hydrogens is 296 g/mol. The molecule has 114 valence electrons. The number of carbonyl (C=O) groups is 3. The highest BCUT2D eigenvalue weighted by atomic mass is 32.1. The standard InChI is InChI=1S/C13H16N2O5S/c16-10(15-13(19)14-8-3-1-2-4-8)7-20-9-5-6-21-11(9)12(17)18/h5-6,8H,1-4,7H2,(H,17,18)(H2,14,15,16,19). The van der Waals surface area contributed by atoms with E-state index in [0.29, 0.717) is 0 Å². The van der Waals surface area contributed by atoms with Crippen LogP contribution < -0.4 is 15.4 Å². The Morgan fingerprint density at radius 2 is 2.05 bits per heavy atom. The maximum atomic E-state index is 11.6. The number of carboxylic acids is 1. The van der Waals surface area contributed by atoms with Crippen molar-refractivity contribution < 1.29 is 24.2 Å². The molecule has 1 fully saturated rings. The van der Waals surface area contributed by atoms with Crippen molar-refractivity contribution in [2.24, 2.45) is 0 Å². The lowest BCUT2D eigenvalue weighted by atomic mass is 10.2. The van der Waals surface area contributed by atoms with E-state index in [1.54, 1.807) is 5.38 Å². The third-order valence-electron chi connectivity index (χ3n) is 3.13. The van der Waals surface area contributed by atoms with Crippen LogP contribution >= 0.6 is 11.3 Å². The molecule has 1 aliphatic carbocycles. The number of hydrogen-bond donors (Lipinski definition) is 3. The van der Waals surface area contributed by atoms with Crippen molar-refractivity contribution in [1.29, 1.82) is 0 Å². The minimum atomic E-state index is -1.11. The molecule has 2 rings (SSSR count). The van der Waals surface area contributed by atoms with Gasteiger partial charge in [-0.2, -0.15) is 0 Å². The molecule has 8 heteroatoms. The molecule has 7 nitrogen and oxygen atoms in total. The molecule has 1 saturated carbocycles. The summed E-state index contributed by atoms with van der Waals surface area (Å²) in [5.41, 5.74) is 0. The van der Waals surface area contributed by atoms with E-state index in [1.165, 1.54) is 6.07 Å². The Morgan fingerprint density at radius 1 is 1.33 bits per heavy atom. The summed E-state index contributed by atoms with van der Waals surface area (Å²) in [4.78, 5) is 34.0. The minimum absolute atomic E-state index is 0.0261. The van der Waals surface area contributed by atoms with Crippen LogP contribution in [0.3, 0.4) is 0 Å². The second-order valence-electron chi connectivity index (χ2n) is 4.71. The Hall–Kier alpha value is -2.09.